The van der Waals surface area contributed by atoms with Crippen molar-refractivity contribution in [2.45, 2.75) is 6.92 Å². The number of halogens is 1. The van der Waals surface area contributed by atoms with Gasteiger partial charge >= 0.3 is 0 Å². The molecule has 4 nitrogen and oxygen atoms in total. The molecular weight excluding hydrogens is 264 g/mol. The van der Waals surface area contributed by atoms with E-state index >= 15 is 0 Å². The number of benzene rings is 1. The van der Waals surface area contributed by atoms with Crippen LogP contribution in [0.25, 0.3) is 0 Å². The number of carbonyl (C=O) groups excluding carboxylic acids is 2. The fraction of sp³-hybridized carbons (Fsp3) is 0.286. The van der Waals surface area contributed by atoms with E-state index < -0.39 is 0 Å². The first-order valence-electron chi connectivity index (χ1n) is 5.95. The van der Waals surface area contributed by atoms with Crippen LogP contribution in [0.1, 0.15) is 17.3 Å². The summed E-state index contributed by atoms with van der Waals surface area (Å²) in [5.41, 5.74) is 0.433. The van der Waals surface area contributed by atoms with E-state index in [0.717, 1.165) is 0 Å². The molecule has 0 radical (unpaired) electrons. The Labute approximate surface area is 118 Å². The Hall–Kier alpha value is -1.81. The molecule has 0 atom stereocenters. The second-order valence-corrected chi connectivity index (χ2v) is 4.40. The molecule has 1 aromatic carbocycles. The molecule has 0 unspecified atom stereocenters. The molecule has 5 heteroatoms. The van der Waals surface area contributed by atoms with Crippen molar-refractivity contribution >= 4 is 23.4 Å². The minimum atomic E-state index is -0.243. The first-order valence-corrected chi connectivity index (χ1v) is 6.33. The molecule has 0 spiro atoms. The average molecular weight is 281 g/mol. The highest BCUT2D eigenvalue weighted by Gasteiger charge is 2.10. The lowest BCUT2D eigenvalue weighted by molar-refractivity contribution is -0.128. The molecule has 0 bridgehead atoms. The van der Waals surface area contributed by atoms with Crippen molar-refractivity contribution in [3.8, 4) is 0 Å². The van der Waals surface area contributed by atoms with Gasteiger partial charge in [0, 0.05) is 26.6 Å². The highest BCUT2D eigenvalue weighted by Crippen LogP contribution is 2.14. The Bertz CT molecular complexity index is 474. The lowest BCUT2D eigenvalue weighted by Gasteiger charge is -2.19. The van der Waals surface area contributed by atoms with Crippen LogP contribution < -0.4 is 5.32 Å². The number of carbonyl (C=O) groups is 2. The number of hydrogen-bond donors (Lipinski definition) is 1. The van der Waals surface area contributed by atoms with Gasteiger partial charge in [-0.3, -0.25) is 9.59 Å². The number of nitrogens with zero attached hydrogens (tertiary/aromatic N) is 1. The quantitative estimate of drug-likeness (QED) is 0.812. The summed E-state index contributed by atoms with van der Waals surface area (Å²) in [6.45, 7) is 6.36. The summed E-state index contributed by atoms with van der Waals surface area (Å²) in [5, 5.41) is 3.14. The van der Waals surface area contributed by atoms with E-state index in [4.69, 9.17) is 11.6 Å². The summed E-state index contributed by atoms with van der Waals surface area (Å²) >= 11 is 5.92. The molecule has 2 amide bonds. The Kier molecular flexibility index (Phi) is 6.09. The second-order valence-electron chi connectivity index (χ2n) is 3.99. The minimum absolute atomic E-state index is 0.0492. The molecule has 0 aliphatic carbocycles. The monoisotopic (exact) mass is 280 g/mol. The number of amides is 2. The largest absolute Gasteiger partial charge is 0.350 e. The van der Waals surface area contributed by atoms with Gasteiger partial charge < -0.3 is 10.2 Å². The van der Waals surface area contributed by atoms with Gasteiger partial charge in [-0.25, -0.2) is 0 Å². The van der Waals surface area contributed by atoms with Gasteiger partial charge in [0.05, 0.1) is 10.6 Å². The maximum Gasteiger partial charge on any atom is 0.252 e. The van der Waals surface area contributed by atoms with Crippen LogP contribution in [0.3, 0.4) is 0 Å². The van der Waals surface area contributed by atoms with E-state index in [9.17, 15) is 9.59 Å². The third-order valence-electron chi connectivity index (χ3n) is 2.58. The van der Waals surface area contributed by atoms with Gasteiger partial charge in [-0.05, 0) is 12.1 Å². The third kappa shape index (κ3) is 4.75. The van der Waals surface area contributed by atoms with E-state index in [0.29, 0.717) is 30.2 Å². The van der Waals surface area contributed by atoms with Gasteiger partial charge in [-0.1, -0.05) is 29.8 Å². The first kappa shape index (κ1) is 15.2. The highest BCUT2D eigenvalue weighted by atomic mass is 35.5. The summed E-state index contributed by atoms with van der Waals surface area (Å²) in [4.78, 5) is 24.7. The summed E-state index contributed by atoms with van der Waals surface area (Å²) in [7, 11) is 0. The molecule has 1 N–H and O–H groups in total. The lowest BCUT2D eigenvalue weighted by atomic mass is 10.2. The topological polar surface area (TPSA) is 49.4 Å². The average Bonchev–Trinajstić information content (AvgIpc) is 2.37. The predicted molar refractivity (Wildman–Crippen MR) is 76.2 cm³/mol. The van der Waals surface area contributed by atoms with Gasteiger partial charge in [0.25, 0.3) is 5.91 Å². The normalized spacial score (nSPS) is 9.79. The van der Waals surface area contributed by atoms with Crippen molar-refractivity contribution in [3.05, 3.63) is 47.5 Å². The molecule has 0 saturated heterocycles. The molecule has 102 valence electrons. The Balaban J connectivity index is 2.49. The van der Waals surface area contributed by atoms with Crippen LogP contribution in [0.5, 0.6) is 0 Å². The van der Waals surface area contributed by atoms with Crippen molar-refractivity contribution in [1.29, 1.82) is 0 Å². The fourth-order valence-corrected chi connectivity index (χ4v) is 1.80. The summed E-state index contributed by atoms with van der Waals surface area (Å²) in [6.07, 6.45) is 1.65. The molecule has 1 aromatic rings. The van der Waals surface area contributed by atoms with E-state index in [2.05, 4.69) is 11.9 Å². The van der Waals surface area contributed by atoms with Gasteiger partial charge in [0.15, 0.2) is 0 Å². The van der Waals surface area contributed by atoms with Crippen LogP contribution in [0.4, 0.5) is 0 Å². The van der Waals surface area contributed by atoms with Gasteiger partial charge in [-0.15, -0.1) is 6.58 Å². The summed E-state index contributed by atoms with van der Waals surface area (Å²) in [6, 6.07) is 6.83. The van der Waals surface area contributed by atoms with E-state index in [-0.39, 0.29) is 11.8 Å². The maximum absolute atomic E-state index is 11.9. The summed E-state index contributed by atoms with van der Waals surface area (Å²) in [5.74, 6) is -0.292. The number of rotatable bonds is 6. The Morgan fingerprint density at radius 3 is 2.68 bits per heavy atom. The minimum Gasteiger partial charge on any atom is -0.350 e. The predicted octanol–water partition coefficient (Wildman–Crippen LogP) is 2.10. The summed E-state index contributed by atoms with van der Waals surface area (Å²) < 4.78 is 0. The standard InChI is InChI=1S/C14H17ClN2O2/c1-3-9-17(11(2)18)10-8-16-14(19)12-6-4-5-7-13(12)15/h3-7H,1,8-10H2,2H3,(H,16,19). The Morgan fingerprint density at radius 2 is 2.11 bits per heavy atom. The molecule has 0 fully saturated rings. The zero-order valence-electron chi connectivity index (χ0n) is 10.9. The van der Waals surface area contributed by atoms with Crippen molar-refractivity contribution in [2.24, 2.45) is 0 Å². The second kappa shape index (κ2) is 7.59. The SMILES string of the molecule is C=CCN(CCNC(=O)c1ccccc1Cl)C(C)=O. The van der Waals surface area contributed by atoms with Crippen LogP contribution in [0, 0.1) is 0 Å². The molecule has 0 saturated carbocycles. The third-order valence-corrected chi connectivity index (χ3v) is 2.91. The molecule has 0 aromatic heterocycles. The van der Waals surface area contributed by atoms with Crippen molar-refractivity contribution in [3.63, 3.8) is 0 Å². The van der Waals surface area contributed by atoms with Crippen molar-refractivity contribution < 1.29 is 9.59 Å². The van der Waals surface area contributed by atoms with Crippen LogP contribution in [0.15, 0.2) is 36.9 Å². The molecule has 0 heterocycles. The molecule has 1 rings (SSSR count). The maximum atomic E-state index is 11.9. The van der Waals surface area contributed by atoms with Gasteiger partial charge in [0.1, 0.15) is 0 Å². The van der Waals surface area contributed by atoms with Crippen molar-refractivity contribution in [1.82, 2.24) is 10.2 Å². The van der Waals surface area contributed by atoms with Gasteiger partial charge in [0.2, 0.25) is 5.91 Å². The molecule has 19 heavy (non-hydrogen) atoms. The molecule has 0 aliphatic rings. The van der Waals surface area contributed by atoms with E-state index in [1.54, 1.807) is 35.2 Å². The number of hydrogen-bond acceptors (Lipinski definition) is 2. The highest BCUT2D eigenvalue weighted by molar-refractivity contribution is 6.33. The van der Waals surface area contributed by atoms with E-state index in [1.165, 1.54) is 6.92 Å². The Morgan fingerprint density at radius 1 is 1.42 bits per heavy atom. The van der Waals surface area contributed by atoms with Gasteiger partial charge in [-0.2, -0.15) is 0 Å². The lowest BCUT2D eigenvalue weighted by Crippen LogP contribution is -2.37. The zero-order valence-corrected chi connectivity index (χ0v) is 11.6. The zero-order chi connectivity index (χ0) is 14.3. The fourth-order valence-electron chi connectivity index (χ4n) is 1.58. The smallest absolute Gasteiger partial charge is 0.252 e. The van der Waals surface area contributed by atoms with Crippen LogP contribution in [-0.2, 0) is 4.79 Å². The molecular formula is C14H17ClN2O2. The van der Waals surface area contributed by atoms with Crippen LogP contribution in [0.2, 0.25) is 5.02 Å². The van der Waals surface area contributed by atoms with Crippen LogP contribution >= 0.6 is 11.6 Å². The van der Waals surface area contributed by atoms with Crippen LogP contribution in [-0.4, -0.2) is 36.3 Å². The molecule has 0 aliphatic heterocycles. The first-order chi connectivity index (χ1) is 9.06. The number of nitrogens with one attached hydrogen (secondary N) is 1. The van der Waals surface area contributed by atoms with Crippen molar-refractivity contribution in [2.75, 3.05) is 19.6 Å². The van der Waals surface area contributed by atoms with E-state index in [1.807, 2.05) is 0 Å².